The fourth-order valence-electron chi connectivity index (χ4n) is 4.95. The summed E-state index contributed by atoms with van der Waals surface area (Å²) in [6.07, 6.45) is 2.39. The van der Waals surface area contributed by atoms with Gasteiger partial charge in [0.15, 0.2) is 0 Å². The number of para-hydroxylation sites is 1. The Morgan fingerprint density at radius 2 is 1.54 bits per heavy atom. The monoisotopic (exact) mass is 560 g/mol. The Balaban J connectivity index is 1.49. The molecule has 1 aromatic heterocycles. The number of hydrazone groups is 1. The summed E-state index contributed by atoms with van der Waals surface area (Å²) in [4.78, 5) is 25.6. The van der Waals surface area contributed by atoms with Gasteiger partial charge < -0.3 is 5.11 Å². The zero-order valence-electron chi connectivity index (χ0n) is 22.1. The molecule has 41 heavy (non-hydrogen) atoms. The summed E-state index contributed by atoms with van der Waals surface area (Å²) in [5, 5.41) is 21.4. The molecule has 1 unspecified atom stereocenters. The molecule has 2 heterocycles. The molecular formula is C33H25ClN4O3. The minimum atomic E-state index is -1.10. The van der Waals surface area contributed by atoms with E-state index in [0.717, 1.165) is 33.7 Å². The van der Waals surface area contributed by atoms with Crippen LogP contribution in [0.1, 0.15) is 49.9 Å². The minimum Gasteiger partial charge on any atom is -0.478 e. The molecule has 202 valence electrons. The SMILES string of the molecule is Cc1ccc(C2=NN(C(=O)c3cccc(C(=O)O)c3)C(c3cn(-c4ccccc4)nc3-c3ccc(Cl)cc3)C2)cc1. The van der Waals surface area contributed by atoms with Gasteiger partial charge >= 0.3 is 5.97 Å². The van der Waals surface area contributed by atoms with Crippen LogP contribution in [0, 0.1) is 6.92 Å². The van der Waals surface area contributed by atoms with E-state index >= 15 is 0 Å². The first-order valence-electron chi connectivity index (χ1n) is 13.1. The molecule has 8 heteroatoms. The third-order valence-electron chi connectivity index (χ3n) is 7.10. The first kappa shape index (κ1) is 26.2. The van der Waals surface area contributed by atoms with E-state index in [9.17, 15) is 14.7 Å². The Morgan fingerprint density at radius 3 is 2.24 bits per heavy atom. The number of carboxylic acids is 1. The van der Waals surface area contributed by atoms with Gasteiger partial charge in [0, 0.05) is 34.3 Å². The van der Waals surface area contributed by atoms with Crippen molar-refractivity contribution in [1.29, 1.82) is 0 Å². The van der Waals surface area contributed by atoms with Crippen LogP contribution >= 0.6 is 11.6 Å². The molecule has 0 fully saturated rings. The van der Waals surface area contributed by atoms with E-state index in [1.165, 1.54) is 17.1 Å². The predicted octanol–water partition coefficient (Wildman–Crippen LogP) is 7.19. The van der Waals surface area contributed by atoms with Crippen molar-refractivity contribution < 1.29 is 14.7 Å². The average molecular weight is 561 g/mol. The van der Waals surface area contributed by atoms with Crippen molar-refractivity contribution in [2.45, 2.75) is 19.4 Å². The fraction of sp³-hybridized carbons (Fsp3) is 0.0909. The van der Waals surface area contributed by atoms with Gasteiger partial charge in [0.1, 0.15) is 0 Å². The number of aromatic carboxylic acids is 1. The minimum absolute atomic E-state index is 0.0353. The van der Waals surface area contributed by atoms with Crippen molar-refractivity contribution >= 4 is 29.2 Å². The van der Waals surface area contributed by atoms with E-state index in [4.69, 9.17) is 21.8 Å². The Hall–Kier alpha value is -5.01. The summed E-state index contributed by atoms with van der Waals surface area (Å²) < 4.78 is 1.80. The average Bonchev–Trinajstić information content (AvgIpc) is 3.63. The van der Waals surface area contributed by atoms with Gasteiger partial charge in [0.05, 0.1) is 28.7 Å². The number of benzene rings is 4. The largest absolute Gasteiger partial charge is 0.478 e. The molecule has 6 rings (SSSR count). The lowest BCUT2D eigenvalue weighted by Gasteiger charge is -2.22. The molecule has 0 aliphatic carbocycles. The highest BCUT2D eigenvalue weighted by molar-refractivity contribution is 6.30. The summed E-state index contributed by atoms with van der Waals surface area (Å²) in [5.41, 5.74) is 6.31. The molecular weight excluding hydrogens is 536 g/mol. The highest BCUT2D eigenvalue weighted by Gasteiger charge is 2.37. The van der Waals surface area contributed by atoms with Gasteiger partial charge in [0.2, 0.25) is 0 Å². The lowest BCUT2D eigenvalue weighted by atomic mass is 9.96. The van der Waals surface area contributed by atoms with Crippen LogP contribution in [0.25, 0.3) is 16.9 Å². The number of carboxylic acid groups (broad SMARTS) is 1. The lowest BCUT2D eigenvalue weighted by Crippen LogP contribution is -2.27. The van der Waals surface area contributed by atoms with Gasteiger partial charge in [-0.3, -0.25) is 4.79 Å². The van der Waals surface area contributed by atoms with Gasteiger partial charge in [-0.1, -0.05) is 77.8 Å². The Kier molecular flexibility index (Phi) is 6.95. The highest BCUT2D eigenvalue weighted by atomic mass is 35.5. The second kappa shape index (κ2) is 10.9. The van der Waals surface area contributed by atoms with E-state index in [-0.39, 0.29) is 11.1 Å². The number of carbonyl (C=O) groups is 2. The van der Waals surface area contributed by atoms with E-state index < -0.39 is 17.9 Å². The number of halogens is 1. The van der Waals surface area contributed by atoms with Crippen LogP contribution in [-0.2, 0) is 0 Å². The Bertz CT molecular complexity index is 1780. The van der Waals surface area contributed by atoms with Gasteiger partial charge in [0.25, 0.3) is 5.91 Å². The van der Waals surface area contributed by atoms with Crippen molar-refractivity contribution in [3.05, 3.63) is 142 Å². The van der Waals surface area contributed by atoms with Crippen LogP contribution in [0.5, 0.6) is 0 Å². The molecule has 1 N–H and O–H groups in total. The molecule has 7 nitrogen and oxygen atoms in total. The highest BCUT2D eigenvalue weighted by Crippen LogP contribution is 2.39. The maximum atomic E-state index is 14.0. The third-order valence-corrected chi connectivity index (χ3v) is 7.35. The Morgan fingerprint density at radius 1 is 0.854 bits per heavy atom. The van der Waals surface area contributed by atoms with Crippen molar-refractivity contribution in [3.8, 4) is 16.9 Å². The second-order valence-electron chi connectivity index (χ2n) is 9.89. The van der Waals surface area contributed by atoms with Crippen molar-refractivity contribution in [2.75, 3.05) is 0 Å². The van der Waals surface area contributed by atoms with Crippen molar-refractivity contribution in [3.63, 3.8) is 0 Å². The van der Waals surface area contributed by atoms with E-state index in [1.54, 1.807) is 16.8 Å². The second-order valence-corrected chi connectivity index (χ2v) is 10.3. The summed E-state index contributed by atoms with van der Waals surface area (Å²) in [5.74, 6) is -1.50. The zero-order chi connectivity index (χ0) is 28.5. The summed E-state index contributed by atoms with van der Waals surface area (Å²) >= 11 is 6.19. The van der Waals surface area contributed by atoms with Crippen LogP contribution < -0.4 is 0 Å². The fourth-order valence-corrected chi connectivity index (χ4v) is 5.08. The molecule has 0 spiro atoms. The van der Waals surface area contributed by atoms with Gasteiger partial charge in [-0.2, -0.15) is 10.2 Å². The van der Waals surface area contributed by atoms with Crippen LogP contribution in [-0.4, -0.2) is 37.5 Å². The van der Waals surface area contributed by atoms with Gasteiger partial charge in [-0.15, -0.1) is 0 Å². The van der Waals surface area contributed by atoms with Crippen LogP contribution in [0.3, 0.4) is 0 Å². The van der Waals surface area contributed by atoms with Crippen molar-refractivity contribution in [1.82, 2.24) is 14.8 Å². The number of rotatable bonds is 6. The zero-order valence-corrected chi connectivity index (χ0v) is 22.9. The molecule has 0 radical (unpaired) electrons. The molecule has 1 atom stereocenters. The van der Waals surface area contributed by atoms with E-state index in [2.05, 4.69) is 0 Å². The predicted molar refractivity (Wildman–Crippen MR) is 159 cm³/mol. The smallest absolute Gasteiger partial charge is 0.335 e. The number of nitrogens with zero attached hydrogens (tertiary/aromatic N) is 4. The molecule has 0 bridgehead atoms. The van der Waals surface area contributed by atoms with Crippen LogP contribution in [0.15, 0.2) is 114 Å². The summed E-state index contributed by atoms with van der Waals surface area (Å²) in [6, 6.07) is 30.7. The number of hydrogen-bond donors (Lipinski definition) is 1. The van der Waals surface area contributed by atoms with Gasteiger partial charge in [-0.05, 0) is 55.0 Å². The maximum absolute atomic E-state index is 14.0. The van der Waals surface area contributed by atoms with Crippen LogP contribution in [0.2, 0.25) is 5.02 Å². The number of carbonyl (C=O) groups excluding carboxylic acids is 1. The molecule has 4 aromatic carbocycles. The number of amides is 1. The number of aromatic nitrogens is 2. The maximum Gasteiger partial charge on any atom is 0.335 e. The van der Waals surface area contributed by atoms with Gasteiger partial charge in [-0.25, -0.2) is 14.5 Å². The molecule has 0 saturated heterocycles. The molecule has 0 saturated carbocycles. The quantitative estimate of drug-likeness (QED) is 0.238. The molecule has 1 amide bonds. The summed E-state index contributed by atoms with van der Waals surface area (Å²) in [6.45, 7) is 2.02. The standard InChI is InChI=1S/C33H25ClN4O3/c1-21-10-12-22(13-11-21)29-19-30(38(35-29)32(39)24-6-5-7-25(18-24)33(40)41)28-20-37(27-8-3-2-4-9-27)36-31(28)23-14-16-26(34)17-15-23/h2-18,20,30H,19H2,1H3,(H,40,41). The summed E-state index contributed by atoms with van der Waals surface area (Å²) in [7, 11) is 0. The Labute approximate surface area is 241 Å². The number of hydrogen-bond acceptors (Lipinski definition) is 4. The molecule has 5 aromatic rings. The first-order chi connectivity index (χ1) is 19.9. The first-order valence-corrected chi connectivity index (χ1v) is 13.5. The number of aryl methyl sites for hydroxylation is 1. The normalized spacial score (nSPS) is 14.6. The topological polar surface area (TPSA) is 87.8 Å². The van der Waals surface area contributed by atoms with E-state index in [0.29, 0.717) is 17.1 Å². The van der Waals surface area contributed by atoms with Crippen LogP contribution in [0.4, 0.5) is 0 Å². The van der Waals surface area contributed by atoms with Crippen molar-refractivity contribution in [2.24, 2.45) is 5.10 Å². The molecule has 1 aliphatic heterocycles. The third kappa shape index (κ3) is 5.27. The lowest BCUT2D eigenvalue weighted by molar-refractivity contribution is 0.0697. The van der Waals surface area contributed by atoms with E-state index in [1.807, 2.05) is 92.0 Å². The molecule has 1 aliphatic rings.